The number of hydrogen-bond acceptors (Lipinski definition) is 4. The Morgan fingerprint density at radius 3 is 1.68 bits per heavy atom. The van der Waals surface area contributed by atoms with E-state index in [-0.39, 0.29) is 67.3 Å². The number of unbranched alkanes of at least 4 members (excludes halogenated alkanes) is 1. The summed E-state index contributed by atoms with van der Waals surface area (Å²) in [7, 11) is -4.64. The first-order chi connectivity index (χ1) is 6.68. The molecule has 0 aromatic carbocycles. The fraction of sp³-hybridized carbons (Fsp3) is 0.833. The molecule has 0 aromatic heterocycles. The first-order valence-electron chi connectivity index (χ1n) is 4.15. The van der Waals surface area contributed by atoms with Crippen molar-refractivity contribution in [2.24, 2.45) is 11.5 Å². The summed E-state index contributed by atoms with van der Waals surface area (Å²) in [4.78, 5) is 31.7. The molecule has 19 heavy (non-hydrogen) atoms. The van der Waals surface area contributed by atoms with Crippen LogP contribution in [0.5, 0.6) is 0 Å². The molecule has 0 saturated heterocycles. The van der Waals surface area contributed by atoms with Crippen LogP contribution in [-0.2, 0) is 28.8 Å². The molecule has 13 heteroatoms. The van der Waals surface area contributed by atoms with Crippen LogP contribution >= 0.6 is 32.6 Å². The van der Waals surface area contributed by atoms with Crippen molar-refractivity contribution in [3.8, 4) is 0 Å². The third-order valence-corrected chi connectivity index (χ3v) is 1.29. The zero-order chi connectivity index (χ0) is 12.5. The maximum Gasteiger partial charge on any atom is 0.466 e. The average Bonchev–Trinajstić information content (AvgIpc) is 2.01. The van der Waals surface area contributed by atoms with E-state index in [1.165, 1.54) is 0 Å². The van der Waals surface area contributed by atoms with Gasteiger partial charge < -0.3 is 31.3 Å². The molecular formula is C6H21Cl2MgN2O6PZn. The number of nitrogens with two attached hydrogens (primary N) is 2. The zero-order valence-corrected chi connectivity index (χ0v) is 15.1. The van der Waals surface area contributed by atoms with E-state index in [0.29, 0.717) is 13.0 Å². The Labute approximate surface area is 153 Å². The summed E-state index contributed by atoms with van der Waals surface area (Å²) in [6.45, 7) is 0.604. The maximum atomic E-state index is 10.1. The SMILES string of the molecule is Cl.Cl.NCCCCC(N)C(=O)O.O=P(O)(O)O.[MgH2].[Zn]. The molecule has 0 aromatic rings. The molecule has 0 aliphatic rings. The number of carboxylic acids is 1. The summed E-state index contributed by atoms with van der Waals surface area (Å²) in [5.41, 5.74) is 10.4. The van der Waals surface area contributed by atoms with E-state index in [1.807, 2.05) is 0 Å². The van der Waals surface area contributed by atoms with Crippen LogP contribution in [0.1, 0.15) is 19.3 Å². The van der Waals surface area contributed by atoms with Gasteiger partial charge in [0.05, 0.1) is 0 Å². The molecule has 1 unspecified atom stereocenters. The molecule has 0 spiro atoms. The minimum atomic E-state index is -4.64. The Hall–Kier alpha value is 1.47. The summed E-state index contributed by atoms with van der Waals surface area (Å²) < 4.78 is 8.88. The average molecular weight is 409 g/mol. The molecule has 8 N–H and O–H groups in total. The molecule has 0 amide bonds. The largest absolute Gasteiger partial charge is 0.480 e. The second-order valence-corrected chi connectivity index (χ2v) is 3.77. The van der Waals surface area contributed by atoms with Crippen molar-refractivity contribution in [2.75, 3.05) is 6.54 Å². The number of carboxylic acid groups (broad SMARTS) is 1. The van der Waals surface area contributed by atoms with Crippen LogP contribution < -0.4 is 11.5 Å². The predicted octanol–water partition coefficient (Wildman–Crippen LogP) is -1.48. The third-order valence-electron chi connectivity index (χ3n) is 1.29. The standard InChI is InChI=1S/C6H14N2O2.2ClH.Mg.H3O4P.Zn.2H/c7-4-2-1-3-5(8)6(9)10;;;;1-5(2,3)4;;;/h5H,1-4,7-8H2,(H,9,10);2*1H;;(H3,1,2,3,4);;;. The summed E-state index contributed by atoms with van der Waals surface area (Å²) in [6, 6.07) is -0.716. The van der Waals surface area contributed by atoms with Crippen LogP contribution in [-0.4, -0.2) is 61.4 Å². The van der Waals surface area contributed by atoms with E-state index in [0.717, 1.165) is 12.8 Å². The van der Waals surface area contributed by atoms with Crippen molar-refractivity contribution in [3.63, 3.8) is 0 Å². The van der Waals surface area contributed by atoms with Gasteiger partial charge in [-0.15, -0.1) is 24.8 Å². The quantitative estimate of drug-likeness (QED) is 0.182. The number of rotatable bonds is 5. The van der Waals surface area contributed by atoms with Gasteiger partial charge in [0.2, 0.25) is 0 Å². The van der Waals surface area contributed by atoms with E-state index in [2.05, 4.69) is 0 Å². The van der Waals surface area contributed by atoms with E-state index < -0.39 is 19.8 Å². The topological polar surface area (TPSA) is 167 Å². The van der Waals surface area contributed by atoms with E-state index in [4.69, 9.17) is 35.8 Å². The van der Waals surface area contributed by atoms with E-state index in [1.54, 1.807) is 0 Å². The minimum absolute atomic E-state index is 0. The van der Waals surface area contributed by atoms with Crippen molar-refractivity contribution >= 4 is 61.7 Å². The zero-order valence-electron chi connectivity index (χ0n) is 9.64. The number of halogens is 2. The molecule has 0 heterocycles. The van der Waals surface area contributed by atoms with Gasteiger partial charge in [0.15, 0.2) is 0 Å². The number of phosphoric acid groups is 1. The fourth-order valence-corrected chi connectivity index (χ4v) is 0.632. The smallest absolute Gasteiger partial charge is 0.466 e. The molecule has 0 fully saturated rings. The summed E-state index contributed by atoms with van der Waals surface area (Å²) >= 11 is 0. The molecule has 0 bridgehead atoms. The molecule has 0 aliphatic carbocycles. The molecule has 114 valence electrons. The second kappa shape index (κ2) is 21.8. The molecule has 0 radical (unpaired) electrons. The maximum absolute atomic E-state index is 10.1. The number of aliphatic carboxylic acids is 1. The Balaban J connectivity index is -0.0000000418. The fourth-order valence-electron chi connectivity index (χ4n) is 0.632. The van der Waals surface area contributed by atoms with Gasteiger partial charge in [-0.25, -0.2) is 4.57 Å². The number of hydrogen-bond donors (Lipinski definition) is 6. The van der Waals surface area contributed by atoms with E-state index >= 15 is 0 Å². The summed E-state index contributed by atoms with van der Waals surface area (Å²) in [5, 5.41) is 8.33. The van der Waals surface area contributed by atoms with Gasteiger partial charge in [-0.3, -0.25) is 4.79 Å². The van der Waals surface area contributed by atoms with Gasteiger partial charge >= 0.3 is 36.8 Å². The van der Waals surface area contributed by atoms with Crippen LogP contribution in [0.15, 0.2) is 0 Å². The Morgan fingerprint density at radius 2 is 1.47 bits per heavy atom. The van der Waals surface area contributed by atoms with Crippen molar-refractivity contribution in [1.29, 1.82) is 0 Å². The molecule has 0 rings (SSSR count). The normalized spacial score (nSPS) is 9.95. The molecule has 0 saturated carbocycles. The molecule has 0 aliphatic heterocycles. The van der Waals surface area contributed by atoms with Crippen LogP contribution in [0.2, 0.25) is 0 Å². The first kappa shape index (κ1) is 37.1. The van der Waals surface area contributed by atoms with E-state index in [9.17, 15) is 4.79 Å². The summed E-state index contributed by atoms with van der Waals surface area (Å²) in [5.74, 6) is -0.933. The Bertz CT molecular complexity index is 230. The first-order valence-corrected chi connectivity index (χ1v) is 5.71. The van der Waals surface area contributed by atoms with Crippen LogP contribution in [0.4, 0.5) is 0 Å². The van der Waals surface area contributed by atoms with Gasteiger partial charge in [0, 0.05) is 19.5 Å². The molecular weight excluding hydrogens is 388 g/mol. The Kier molecular flexibility index (Phi) is 42.4. The van der Waals surface area contributed by atoms with Crippen LogP contribution in [0.25, 0.3) is 0 Å². The minimum Gasteiger partial charge on any atom is -0.480 e. The third kappa shape index (κ3) is 54.2. The van der Waals surface area contributed by atoms with Gasteiger partial charge in [-0.2, -0.15) is 0 Å². The molecule has 8 nitrogen and oxygen atoms in total. The monoisotopic (exact) mass is 406 g/mol. The van der Waals surface area contributed by atoms with Crippen molar-refractivity contribution in [3.05, 3.63) is 0 Å². The number of carbonyl (C=O) groups is 1. The molecule has 1 atom stereocenters. The Morgan fingerprint density at radius 1 is 1.16 bits per heavy atom. The van der Waals surface area contributed by atoms with Crippen molar-refractivity contribution < 1.29 is 48.6 Å². The van der Waals surface area contributed by atoms with Crippen molar-refractivity contribution in [1.82, 2.24) is 0 Å². The van der Waals surface area contributed by atoms with Crippen LogP contribution in [0.3, 0.4) is 0 Å². The van der Waals surface area contributed by atoms with Gasteiger partial charge in [0.25, 0.3) is 0 Å². The van der Waals surface area contributed by atoms with Gasteiger partial charge in [0.1, 0.15) is 6.04 Å². The predicted molar refractivity (Wildman–Crippen MR) is 75.8 cm³/mol. The van der Waals surface area contributed by atoms with Crippen LogP contribution in [0, 0.1) is 0 Å². The van der Waals surface area contributed by atoms with Gasteiger partial charge in [-0.1, -0.05) is 6.42 Å². The van der Waals surface area contributed by atoms with Crippen molar-refractivity contribution in [2.45, 2.75) is 25.3 Å². The second-order valence-electron chi connectivity index (χ2n) is 2.74. The summed E-state index contributed by atoms with van der Waals surface area (Å²) in [6.07, 6.45) is 2.16. The van der Waals surface area contributed by atoms with Gasteiger partial charge in [-0.05, 0) is 19.4 Å².